The van der Waals surface area contributed by atoms with Crippen LogP contribution in [0.4, 0.5) is 0 Å². The van der Waals surface area contributed by atoms with Crippen molar-refractivity contribution in [2.24, 2.45) is 0 Å². The standard InChI is InChI=1S/C15H16Cl2N2S/c1-9(2)20-8-12-18-14(16)13(15(17)19-12)11-6-4-5-10(3)7-11/h4-7,9H,8H2,1-3H3. The minimum absolute atomic E-state index is 0.412. The molecule has 0 aliphatic heterocycles. The molecule has 106 valence electrons. The number of halogens is 2. The van der Waals surface area contributed by atoms with Gasteiger partial charge in [-0.05, 0) is 17.7 Å². The fraction of sp³-hybridized carbons (Fsp3) is 0.333. The molecule has 2 aromatic rings. The van der Waals surface area contributed by atoms with Crippen molar-refractivity contribution in [2.75, 3.05) is 0 Å². The molecule has 0 amide bonds. The first-order valence-corrected chi connectivity index (χ1v) is 8.18. The molecule has 0 aliphatic rings. The van der Waals surface area contributed by atoms with Crippen LogP contribution in [0.2, 0.25) is 10.3 Å². The van der Waals surface area contributed by atoms with Crippen LogP contribution in [0.1, 0.15) is 25.2 Å². The lowest BCUT2D eigenvalue weighted by atomic mass is 10.1. The van der Waals surface area contributed by atoms with E-state index in [0.717, 1.165) is 11.1 Å². The summed E-state index contributed by atoms with van der Waals surface area (Å²) in [6.07, 6.45) is 0. The Morgan fingerprint density at radius 1 is 1.15 bits per heavy atom. The quantitative estimate of drug-likeness (QED) is 0.703. The Balaban J connectivity index is 2.36. The predicted octanol–water partition coefficient (Wildman–Crippen LogP) is 5.40. The molecule has 2 rings (SSSR count). The first kappa shape index (κ1) is 15.6. The fourth-order valence-corrected chi connectivity index (χ4v) is 3.05. The van der Waals surface area contributed by atoms with E-state index in [4.69, 9.17) is 23.2 Å². The highest BCUT2D eigenvalue weighted by molar-refractivity contribution is 7.99. The zero-order valence-corrected chi connectivity index (χ0v) is 14.0. The van der Waals surface area contributed by atoms with Crippen molar-refractivity contribution in [3.8, 4) is 11.1 Å². The SMILES string of the molecule is Cc1cccc(-c2c(Cl)nc(CSC(C)C)nc2Cl)c1. The molecular weight excluding hydrogens is 311 g/mol. The second-order valence-electron chi connectivity index (χ2n) is 4.83. The average Bonchev–Trinajstić information content (AvgIpc) is 2.35. The molecule has 0 fully saturated rings. The molecule has 2 nitrogen and oxygen atoms in total. The zero-order chi connectivity index (χ0) is 14.7. The summed E-state index contributed by atoms with van der Waals surface area (Å²) >= 11 is 14.3. The Kier molecular flexibility index (Phi) is 5.30. The monoisotopic (exact) mass is 326 g/mol. The molecular formula is C15H16Cl2N2S. The molecule has 20 heavy (non-hydrogen) atoms. The van der Waals surface area contributed by atoms with E-state index in [0.29, 0.717) is 32.7 Å². The van der Waals surface area contributed by atoms with Crippen LogP contribution < -0.4 is 0 Å². The van der Waals surface area contributed by atoms with E-state index in [1.807, 2.05) is 31.2 Å². The topological polar surface area (TPSA) is 25.8 Å². The summed E-state index contributed by atoms with van der Waals surface area (Å²) in [5.74, 6) is 1.39. The minimum Gasteiger partial charge on any atom is -0.220 e. The van der Waals surface area contributed by atoms with Crippen molar-refractivity contribution in [3.05, 3.63) is 46.0 Å². The van der Waals surface area contributed by atoms with Gasteiger partial charge in [0.05, 0.1) is 11.3 Å². The summed E-state index contributed by atoms with van der Waals surface area (Å²) < 4.78 is 0. The van der Waals surface area contributed by atoms with Gasteiger partial charge < -0.3 is 0 Å². The fourth-order valence-electron chi connectivity index (χ4n) is 1.79. The largest absolute Gasteiger partial charge is 0.220 e. The van der Waals surface area contributed by atoms with Crippen LogP contribution in [0.15, 0.2) is 24.3 Å². The smallest absolute Gasteiger partial charge is 0.142 e. The molecule has 5 heteroatoms. The Morgan fingerprint density at radius 2 is 1.80 bits per heavy atom. The highest BCUT2D eigenvalue weighted by Crippen LogP contribution is 2.33. The predicted molar refractivity (Wildman–Crippen MR) is 88.7 cm³/mol. The number of aryl methyl sites for hydroxylation is 1. The normalized spacial score (nSPS) is 11.1. The van der Waals surface area contributed by atoms with E-state index >= 15 is 0 Å². The van der Waals surface area contributed by atoms with Crippen LogP contribution in [0.25, 0.3) is 11.1 Å². The molecule has 0 saturated heterocycles. The molecule has 0 aliphatic carbocycles. The zero-order valence-electron chi connectivity index (χ0n) is 11.7. The summed E-state index contributed by atoms with van der Waals surface area (Å²) in [5, 5.41) is 1.34. The van der Waals surface area contributed by atoms with Gasteiger partial charge in [0.25, 0.3) is 0 Å². The average molecular weight is 327 g/mol. The van der Waals surface area contributed by atoms with Gasteiger partial charge >= 0.3 is 0 Å². The lowest BCUT2D eigenvalue weighted by molar-refractivity contribution is 1.02. The summed E-state index contributed by atoms with van der Waals surface area (Å²) in [6.45, 7) is 6.30. The Labute approximate surface area is 133 Å². The van der Waals surface area contributed by atoms with E-state index in [2.05, 4.69) is 23.8 Å². The summed E-state index contributed by atoms with van der Waals surface area (Å²) in [4.78, 5) is 8.72. The molecule has 0 unspecified atom stereocenters. The molecule has 1 heterocycles. The second-order valence-corrected chi connectivity index (χ2v) is 7.11. The van der Waals surface area contributed by atoms with Crippen molar-refractivity contribution >= 4 is 35.0 Å². The van der Waals surface area contributed by atoms with E-state index in [1.165, 1.54) is 0 Å². The number of hydrogen-bond acceptors (Lipinski definition) is 3. The number of aromatic nitrogens is 2. The van der Waals surface area contributed by atoms with E-state index < -0.39 is 0 Å². The molecule has 0 saturated carbocycles. The van der Waals surface area contributed by atoms with E-state index in [1.54, 1.807) is 11.8 Å². The first-order chi connectivity index (χ1) is 9.47. The van der Waals surface area contributed by atoms with Crippen molar-refractivity contribution in [1.82, 2.24) is 9.97 Å². The van der Waals surface area contributed by atoms with Crippen LogP contribution in [-0.4, -0.2) is 15.2 Å². The van der Waals surface area contributed by atoms with Gasteiger partial charge in [0.1, 0.15) is 16.1 Å². The Morgan fingerprint density at radius 3 is 2.35 bits per heavy atom. The minimum atomic E-state index is 0.412. The first-order valence-electron chi connectivity index (χ1n) is 6.38. The summed E-state index contributed by atoms with van der Waals surface area (Å²) in [7, 11) is 0. The number of nitrogens with zero attached hydrogens (tertiary/aromatic N) is 2. The van der Waals surface area contributed by atoms with Crippen LogP contribution in [-0.2, 0) is 5.75 Å². The van der Waals surface area contributed by atoms with Crippen molar-refractivity contribution in [2.45, 2.75) is 31.8 Å². The third-order valence-corrected chi connectivity index (χ3v) is 4.36. The highest BCUT2D eigenvalue weighted by atomic mass is 35.5. The van der Waals surface area contributed by atoms with Gasteiger partial charge in [0.2, 0.25) is 0 Å². The molecule has 0 N–H and O–H groups in total. The van der Waals surface area contributed by atoms with Gasteiger partial charge in [-0.25, -0.2) is 9.97 Å². The molecule has 0 bridgehead atoms. The van der Waals surface area contributed by atoms with Gasteiger partial charge in [-0.15, -0.1) is 0 Å². The molecule has 0 atom stereocenters. The second kappa shape index (κ2) is 6.79. The van der Waals surface area contributed by atoms with Crippen molar-refractivity contribution in [1.29, 1.82) is 0 Å². The van der Waals surface area contributed by atoms with Gasteiger partial charge in [0.15, 0.2) is 0 Å². The summed E-state index contributed by atoms with van der Waals surface area (Å²) in [5.41, 5.74) is 2.80. The van der Waals surface area contributed by atoms with Crippen LogP contribution in [0, 0.1) is 6.92 Å². The maximum atomic E-state index is 6.29. The third-order valence-electron chi connectivity index (χ3n) is 2.72. The molecule has 1 aromatic carbocycles. The van der Waals surface area contributed by atoms with Gasteiger partial charge in [-0.2, -0.15) is 11.8 Å². The van der Waals surface area contributed by atoms with Crippen LogP contribution >= 0.6 is 35.0 Å². The lowest BCUT2D eigenvalue weighted by Gasteiger charge is -2.10. The molecule has 1 aromatic heterocycles. The molecule has 0 radical (unpaired) electrons. The van der Waals surface area contributed by atoms with Crippen LogP contribution in [0.5, 0.6) is 0 Å². The number of hydrogen-bond donors (Lipinski definition) is 0. The summed E-state index contributed by atoms with van der Waals surface area (Å²) in [6, 6.07) is 7.99. The van der Waals surface area contributed by atoms with Gasteiger partial charge in [-0.1, -0.05) is 66.9 Å². The number of rotatable bonds is 4. The van der Waals surface area contributed by atoms with Gasteiger partial charge in [0, 0.05) is 0 Å². The maximum Gasteiger partial charge on any atom is 0.142 e. The Hall–Kier alpha value is -0.770. The number of benzene rings is 1. The van der Waals surface area contributed by atoms with Gasteiger partial charge in [-0.3, -0.25) is 0 Å². The van der Waals surface area contributed by atoms with Crippen molar-refractivity contribution in [3.63, 3.8) is 0 Å². The van der Waals surface area contributed by atoms with E-state index in [9.17, 15) is 0 Å². The number of thioether (sulfide) groups is 1. The highest BCUT2D eigenvalue weighted by Gasteiger charge is 2.14. The van der Waals surface area contributed by atoms with Crippen LogP contribution in [0.3, 0.4) is 0 Å². The lowest BCUT2D eigenvalue weighted by Crippen LogP contribution is -1.99. The Bertz CT molecular complexity index is 592. The third kappa shape index (κ3) is 3.87. The van der Waals surface area contributed by atoms with Crippen molar-refractivity contribution < 1.29 is 0 Å². The molecule has 0 spiro atoms. The maximum absolute atomic E-state index is 6.29. The van der Waals surface area contributed by atoms with E-state index in [-0.39, 0.29) is 0 Å².